The van der Waals surface area contributed by atoms with E-state index in [-0.39, 0.29) is 24.7 Å². The summed E-state index contributed by atoms with van der Waals surface area (Å²) in [5, 5.41) is 22.5. The van der Waals surface area contributed by atoms with E-state index in [1.807, 2.05) is 6.07 Å². The summed E-state index contributed by atoms with van der Waals surface area (Å²) in [6, 6.07) is -1.81. The van der Waals surface area contributed by atoms with Crippen molar-refractivity contribution in [2.45, 2.75) is 87.9 Å². The van der Waals surface area contributed by atoms with Crippen LogP contribution in [0.1, 0.15) is 57.8 Å². The Morgan fingerprint density at radius 1 is 1.26 bits per heavy atom. The van der Waals surface area contributed by atoms with Gasteiger partial charge in [-0.05, 0) is 44.4 Å². The van der Waals surface area contributed by atoms with Crippen LogP contribution in [0.5, 0.6) is 0 Å². The van der Waals surface area contributed by atoms with Gasteiger partial charge in [-0.2, -0.15) is 10.4 Å². The number of nitrogens with one attached hydrogen (secondary N) is 3. The highest BCUT2D eigenvalue weighted by molar-refractivity contribution is 5.92. The number of fused-ring (bicyclic) bond motifs is 3. The van der Waals surface area contributed by atoms with Crippen LogP contribution < -0.4 is 16.0 Å². The van der Waals surface area contributed by atoms with Gasteiger partial charge in [-0.25, -0.2) is 8.78 Å². The third-order valence-corrected chi connectivity index (χ3v) is 8.46. The normalized spacial score (nSPS) is 29.6. The van der Waals surface area contributed by atoms with Crippen molar-refractivity contribution in [1.29, 1.82) is 5.26 Å². The summed E-state index contributed by atoms with van der Waals surface area (Å²) < 4.78 is 31.8. The second kappa shape index (κ2) is 10.5. The zero-order chi connectivity index (χ0) is 27.0. The van der Waals surface area contributed by atoms with Crippen LogP contribution in [0.3, 0.4) is 0 Å². The number of hydrogen-bond acceptors (Lipinski definition) is 6. The van der Waals surface area contributed by atoms with E-state index in [1.54, 1.807) is 24.1 Å². The molecule has 0 aromatic carbocycles. The Kier molecular flexibility index (Phi) is 7.29. The van der Waals surface area contributed by atoms with Crippen LogP contribution in [0.25, 0.3) is 0 Å². The highest BCUT2D eigenvalue weighted by Crippen LogP contribution is 2.49. The summed E-state index contributed by atoms with van der Waals surface area (Å²) in [4.78, 5) is 41.1. The molecule has 4 heterocycles. The highest BCUT2D eigenvalue weighted by atomic mass is 19.3. The third kappa shape index (κ3) is 5.47. The van der Waals surface area contributed by atoms with Crippen molar-refractivity contribution in [3.63, 3.8) is 0 Å². The van der Waals surface area contributed by atoms with E-state index in [2.05, 4.69) is 21.0 Å². The van der Waals surface area contributed by atoms with Gasteiger partial charge in [0.1, 0.15) is 18.1 Å². The van der Waals surface area contributed by atoms with Crippen LogP contribution in [0.4, 0.5) is 14.5 Å². The Labute approximate surface area is 220 Å². The first-order valence-electron chi connectivity index (χ1n) is 13.6. The molecule has 0 spiro atoms. The number of rotatable bonds is 9. The predicted molar refractivity (Wildman–Crippen MR) is 133 cm³/mol. The van der Waals surface area contributed by atoms with Gasteiger partial charge < -0.3 is 20.9 Å². The standard InChI is InChI=1S/C26H35F2N7O3/c1-34-14-18(13-31-34)32-21(9-15-4-5-15)25(38)35-19-6-7-20(26(27,28)11-19)22(35)24(37)33-17(12-29)10-16-3-2-8-30-23(16)36/h13-17,19-22,32H,2-11H2,1H3,(H,30,36)(H,33,37)/t16-,17+,19+,20+,21-,22-/m0/s1. The van der Waals surface area contributed by atoms with E-state index in [0.29, 0.717) is 37.4 Å². The largest absolute Gasteiger partial charge is 0.371 e. The molecule has 206 valence electrons. The zero-order valence-electron chi connectivity index (χ0n) is 21.5. The van der Waals surface area contributed by atoms with Gasteiger partial charge in [0.25, 0.3) is 5.92 Å². The van der Waals surface area contributed by atoms with Crippen LogP contribution in [0, 0.1) is 29.1 Å². The van der Waals surface area contributed by atoms with Crippen molar-refractivity contribution in [1.82, 2.24) is 25.3 Å². The number of hydrogen-bond donors (Lipinski definition) is 3. The quantitative estimate of drug-likeness (QED) is 0.446. The minimum atomic E-state index is -3.09. The molecule has 2 saturated carbocycles. The molecule has 0 radical (unpaired) electrons. The third-order valence-electron chi connectivity index (χ3n) is 8.46. The van der Waals surface area contributed by atoms with Crippen molar-refractivity contribution in [3.05, 3.63) is 12.4 Å². The van der Waals surface area contributed by atoms with Gasteiger partial charge in [-0.15, -0.1) is 0 Å². The Bertz CT molecular complexity index is 1110. The Hall–Kier alpha value is -3.23. The molecule has 6 atom stereocenters. The molecule has 3 aliphatic heterocycles. The lowest BCUT2D eigenvalue weighted by atomic mass is 9.71. The molecule has 3 saturated heterocycles. The lowest BCUT2D eigenvalue weighted by molar-refractivity contribution is -0.194. The maximum Gasteiger partial charge on any atom is 0.255 e. The number of carbonyl (C=O) groups excluding carboxylic acids is 3. The molecule has 0 unspecified atom stereocenters. The van der Waals surface area contributed by atoms with Crippen molar-refractivity contribution in [3.8, 4) is 6.07 Å². The number of halogens is 2. The molecule has 10 nitrogen and oxygen atoms in total. The molecular weight excluding hydrogens is 496 g/mol. The molecule has 1 aromatic rings. The van der Waals surface area contributed by atoms with Gasteiger partial charge >= 0.3 is 0 Å². The van der Waals surface area contributed by atoms with E-state index < -0.39 is 54.3 Å². The molecule has 3 N–H and O–H groups in total. The fourth-order valence-electron chi connectivity index (χ4n) is 6.36. The lowest BCUT2D eigenvalue weighted by Crippen LogP contribution is -2.70. The molecule has 38 heavy (non-hydrogen) atoms. The molecule has 5 aliphatic rings. The Morgan fingerprint density at radius 2 is 2.05 bits per heavy atom. The number of alkyl halides is 2. The van der Waals surface area contributed by atoms with E-state index in [0.717, 1.165) is 19.3 Å². The average Bonchev–Trinajstić information content (AvgIpc) is 3.61. The lowest BCUT2D eigenvalue weighted by Gasteiger charge is -2.54. The van der Waals surface area contributed by atoms with Gasteiger partial charge in [0, 0.05) is 38.2 Å². The number of aryl methyl sites for hydroxylation is 1. The van der Waals surface area contributed by atoms with Gasteiger partial charge in [-0.3, -0.25) is 19.1 Å². The van der Waals surface area contributed by atoms with Crippen LogP contribution in [0.15, 0.2) is 12.4 Å². The smallest absolute Gasteiger partial charge is 0.255 e. The van der Waals surface area contributed by atoms with Crippen LogP contribution in [-0.4, -0.2) is 69.0 Å². The predicted octanol–water partition coefficient (Wildman–Crippen LogP) is 1.94. The number of carbonyl (C=O) groups is 3. The van der Waals surface area contributed by atoms with E-state index in [9.17, 15) is 19.6 Å². The molecule has 2 aliphatic carbocycles. The average molecular weight is 532 g/mol. The van der Waals surface area contributed by atoms with Gasteiger partial charge in [0.15, 0.2) is 0 Å². The van der Waals surface area contributed by atoms with E-state index in [1.165, 1.54) is 4.90 Å². The van der Waals surface area contributed by atoms with Crippen molar-refractivity contribution < 1.29 is 23.2 Å². The first kappa shape index (κ1) is 26.4. The van der Waals surface area contributed by atoms with Crippen LogP contribution >= 0.6 is 0 Å². The second-order valence-electron chi connectivity index (χ2n) is 11.3. The molecule has 12 heteroatoms. The van der Waals surface area contributed by atoms with E-state index in [4.69, 9.17) is 0 Å². The van der Waals surface area contributed by atoms with Crippen LogP contribution in [-0.2, 0) is 21.4 Å². The summed E-state index contributed by atoms with van der Waals surface area (Å²) in [6.07, 6.45) is 7.44. The van der Waals surface area contributed by atoms with Crippen molar-refractivity contribution in [2.75, 3.05) is 11.9 Å². The number of aromatic nitrogens is 2. The minimum Gasteiger partial charge on any atom is -0.371 e. The van der Waals surface area contributed by atoms with Gasteiger partial charge in [0.05, 0.1) is 23.9 Å². The van der Waals surface area contributed by atoms with Crippen LogP contribution in [0.2, 0.25) is 0 Å². The number of amides is 3. The summed E-state index contributed by atoms with van der Waals surface area (Å²) in [5.74, 6) is -5.76. The molecular formula is C26H35F2N7O3. The second-order valence-corrected chi connectivity index (χ2v) is 11.3. The van der Waals surface area contributed by atoms with Gasteiger partial charge in [-0.1, -0.05) is 12.8 Å². The first-order valence-corrected chi connectivity index (χ1v) is 13.6. The summed E-state index contributed by atoms with van der Waals surface area (Å²) in [6.45, 7) is 0.575. The number of nitriles is 1. The maximum absolute atomic E-state index is 15.1. The monoisotopic (exact) mass is 531 g/mol. The summed E-state index contributed by atoms with van der Waals surface area (Å²) in [5.41, 5.74) is 0.648. The SMILES string of the molecule is Cn1cc(N[C@@H](CC2CC2)C(=O)N2[C@@H]3CC[C@H]([C@H]2C(=O)N[C@@H](C#N)C[C@@H]2CCCNC2=O)C(F)(F)C3)cn1. The fourth-order valence-corrected chi connectivity index (χ4v) is 6.36. The molecule has 1 aromatic heterocycles. The minimum absolute atomic E-state index is 0.103. The van der Waals surface area contributed by atoms with Crippen molar-refractivity contribution >= 4 is 23.4 Å². The highest BCUT2D eigenvalue weighted by Gasteiger charge is 2.61. The zero-order valence-corrected chi connectivity index (χ0v) is 21.5. The summed E-state index contributed by atoms with van der Waals surface area (Å²) >= 11 is 0. The molecule has 5 fully saturated rings. The number of nitrogens with zero attached hydrogens (tertiary/aromatic N) is 4. The molecule has 3 amide bonds. The Morgan fingerprint density at radius 3 is 2.68 bits per heavy atom. The number of anilines is 1. The topological polar surface area (TPSA) is 132 Å². The maximum atomic E-state index is 15.1. The molecule has 6 rings (SSSR count). The van der Waals surface area contributed by atoms with Gasteiger partial charge in [0.2, 0.25) is 17.7 Å². The molecule has 2 bridgehead atoms. The fraction of sp³-hybridized carbons (Fsp3) is 0.731. The Balaban J connectivity index is 1.37. The first-order chi connectivity index (χ1) is 18.2. The number of piperidine rings is 3. The summed E-state index contributed by atoms with van der Waals surface area (Å²) in [7, 11) is 1.76. The van der Waals surface area contributed by atoms with Crippen molar-refractivity contribution in [2.24, 2.45) is 24.8 Å². The van der Waals surface area contributed by atoms with E-state index >= 15 is 8.78 Å².